The molecule has 2 rings (SSSR count). The Labute approximate surface area is 115 Å². The van der Waals surface area contributed by atoms with Crippen molar-refractivity contribution in [2.24, 2.45) is 0 Å². The van der Waals surface area contributed by atoms with E-state index in [1.54, 1.807) is 0 Å². The molecule has 1 aromatic heterocycles. The zero-order valence-corrected chi connectivity index (χ0v) is 12.3. The number of aryl methyl sites for hydroxylation is 1. The first kappa shape index (κ1) is 13.9. The Hall–Kier alpha value is -1.54. The quantitative estimate of drug-likeness (QED) is 0.851. The Kier molecular flexibility index (Phi) is 4.43. The molecule has 0 saturated heterocycles. The van der Waals surface area contributed by atoms with Gasteiger partial charge in [-0.15, -0.1) is 0 Å². The summed E-state index contributed by atoms with van der Waals surface area (Å²) in [6.45, 7) is 9.65. The molecule has 0 saturated carbocycles. The minimum atomic E-state index is 0.396. The zero-order chi connectivity index (χ0) is 13.8. The molecule has 1 atom stereocenters. The molecule has 0 spiro atoms. The van der Waals surface area contributed by atoms with Crippen molar-refractivity contribution in [3.8, 4) is 0 Å². The molecular weight excluding hydrogens is 234 g/mol. The average Bonchev–Trinajstić information content (AvgIpc) is 2.72. The van der Waals surface area contributed by atoms with Crippen molar-refractivity contribution in [3.63, 3.8) is 0 Å². The van der Waals surface area contributed by atoms with E-state index >= 15 is 0 Å². The van der Waals surface area contributed by atoms with Crippen LogP contribution in [0.1, 0.15) is 38.5 Å². The molecule has 0 aliphatic carbocycles. The van der Waals surface area contributed by atoms with Crippen LogP contribution < -0.4 is 5.32 Å². The Balaban J connectivity index is 2.31. The molecule has 2 heteroatoms. The van der Waals surface area contributed by atoms with Crippen molar-refractivity contribution in [2.75, 3.05) is 6.54 Å². The van der Waals surface area contributed by atoms with Crippen molar-refractivity contribution in [3.05, 3.63) is 41.2 Å². The summed E-state index contributed by atoms with van der Waals surface area (Å²) in [4.78, 5) is 0. The van der Waals surface area contributed by atoms with Crippen molar-refractivity contribution >= 4 is 17.0 Å². The van der Waals surface area contributed by atoms with Gasteiger partial charge < -0.3 is 9.73 Å². The maximum Gasteiger partial charge on any atom is 0.134 e. The van der Waals surface area contributed by atoms with Crippen LogP contribution in [0, 0.1) is 6.92 Å². The minimum absolute atomic E-state index is 0.396. The summed E-state index contributed by atoms with van der Waals surface area (Å²) in [7, 11) is 0. The summed E-state index contributed by atoms with van der Waals surface area (Å²) in [5, 5.41) is 4.71. The fraction of sp³-hybridized carbons (Fsp3) is 0.412. The lowest BCUT2D eigenvalue weighted by atomic mass is 10.0. The highest BCUT2D eigenvalue weighted by Gasteiger charge is 2.10. The zero-order valence-electron chi connectivity index (χ0n) is 12.3. The second-order valence-electron chi connectivity index (χ2n) is 5.13. The summed E-state index contributed by atoms with van der Waals surface area (Å²) in [5.41, 5.74) is 3.51. The predicted octanol–water partition coefficient (Wildman–Crippen LogP) is 4.53. The van der Waals surface area contributed by atoms with E-state index in [9.17, 15) is 0 Å². The van der Waals surface area contributed by atoms with Gasteiger partial charge in [0.1, 0.15) is 11.3 Å². The third kappa shape index (κ3) is 3.07. The topological polar surface area (TPSA) is 25.2 Å². The summed E-state index contributed by atoms with van der Waals surface area (Å²) in [6, 6.07) is 8.61. The predicted molar refractivity (Wildman–Crippen MR) is 82.4 cm³/mol. The largest absolute Gasteiger partial charge is 0.461 e. The van der Waals surface area contributed by atoms with E-state index in [1.165, 1.54) is 16.5 Å². The SMILES string of the molecule is CCCNC(C)/C(C)=C/c1c(C)oc2ccccc12. The standard InChI is InChI=1S/C17H23NO/c1-5-10-18-13(3)12(2)11-16-14(4)19-17-9-7-6-8-15(16)17/h6-9,11,13,18H,5,10H2,1-4H3/b12-11+. The first-order chi connectivity index (χ1) is 9.13. The molecule has 0 bridgehead atoms. The minimum Gasteiger partial charge on any atom is -0.461 e. The third-order valence-corrected chi connectivity index (χ3v) is 3.58. The second-order valence-corrected chi connectivity index (χ2v) is 5.13. The van der Waals surface area contributed by atoms with Gasteiger partial charge in [-0.3, -0.25) is 0 Å². The van der Waals surface area contributed by atoms with Gasteiger partial charge in [0.05, 0.1) is 0 Å². The van der Waals surface area contributed by atoms with E-state index in [0.29, 0.717) is 6.04 Å². The maximum absolute atomic E-state index is 5.80. The maximum atomic E-state index is 5.80. The fourth-order valence-electron chi connectivity index (χ4n) is 2.24. The van der Waals surface area contributed by atoms with Crippen LogP contribution in [0.4, 0.5) is 0 Å². The monoisotopic (exact) mass is 257 g/mol. The molecule has 2 aromatic rings. The highest BCUT2D eigenvalue weighted by molar-refractivity contribution is 5.88. The normalized spacial score (nSPS) is 14.0. The van der Waals surface area contributed by atoms with Gasteiger partial charge in [-0.1, -0.05) is 36.8 Å². The smallest absolute Gasteiger partial charge is 0.134 e. The Morgan fingerprint density at radius 2 is 2.11 bits per heavy atom. The first-order valence-corrected chi connectivity index (χ1v) is 7.03. The molecule has 1 N–H and O–H groups in total. The summed E-state index contributed by atoms with van der Waals surface area (Å²) >= 11 is 0. The van der Waals surface area contributed by atoms with Crippen LogP contribution >= 0.6 is 0 Å². The number of hydrogen-bond donors (Lipinski definition) is 1. The summed E-state index contributed by atoms with van der Waals surface area (Å²) in [5.74, 6) is 0.989. The molecule has 1 heterocycles. The van der Waals surface area contributed by atoms with Gasteiger partial charge in [-0.25, -0.2) is 0 Å². The van der Waals surface area contributed by atoms with Crippen molar-refractivity contribution in [1.29, 1.82) is 0 Å². The molecule has 1 unspecified atom stereocenters. The van der Waals surface area contributed by atoms with Gasteiger partial charge in [0.2, 0.25) is 0 Å². The molecule has 19 heavy (non-hydrogen) atoms. The van der Waals surface area contributed by atoms with Gasteiger partial charge in [0.25, 0.3) is 0 Å². The molecule has 0 aliphatic rings. The lowest BCUT2D eigenvalue weighted by Crippen LogP contribution is -2.27. The Bertz CT molecular complexity index is 580. The van der Waals surface area contributed by atoms with Crippen LogP contribution in [0.3, 0.4) is 0 Å². The molecular formula is C17H23NO. The molecule has 0 aliphatic heterocycles. The van der Waals surface area contributed by atoms with Crippen LogP contribution in [-0.4, -0.2) is 12.6 Å². The molecule has 1 aromatic carbocycles. The van der Waals surface area contributed by atoms with Crippen molar-refractivity contribution in [1.82, 2.24) is 5.32 Å². The fourth-order valence-corrected chi connectivity index (χ4v) is 2.24. The van der Waals surface area contributed by atoms with Gasteiger partial charge >= 0.3 is 0 Å². The van der Waals surface area contributed by atoms with E-state index in [1.807, 2.05) is 19.1 Å². The molecule has 0 radical (unpaired) electrons. The number of nitrogens with one attached hydrogen (secondary N) is 1. The molecule has 0 amide bonds. The number of benzene rings is 1. The van der Waals surface area contributed by atoms with E-state index < -0.39 is 0 Å². The number of furan rings is 1. The highest BCUT2D eigenvalue weighted by Crippen LogP contribution is 2.27. The number of hydrogen-bond acceptors (Lipinski definition) is 2. The van der Waals surface area contributed by atoms with E-state index in [0.717, 1.165) is 24.3 Å². The lowest BCUT2D eigenvalue weighted by molar-refractivity contribution is 0.577. The highest BCUT2D eigenvalue weighted by atomic mass is 16.3. The van der Waals surface area contributed by atoms with Crippen molar-refractivity contribution < 1.29 is 4.42 Å². The second kappa shape index (κ2) is 6.07. The lowest BCUT2D eigenvalue weighted by Gasteiger charge is -2.13. The van der Waals surface area contributed by atoms with Gasteiger partial charge in [0, 0.05) is 17.0 Å². The Morgan fingerprint density at radius 1 is 1.37 bits per heavy atom. The van der Waals surface area contributed by atoms with Crippen LogP contribution in [0.5, 0.6) is 0 Å². The van der Waals surface area contributed by atoms with E-state index in [2.05, 4.69) is 44.3 Å². The number of rotatable bonds is 5. The first-order valence-electron chi connectivity index (χ1n) is 7.03. The summed E-state index contributed by atoms with van der Waals surface area (Å²) < 4.78 is 5.80. The number of fused-ring (bicyclic) bond motifs is 1. The molecule has 102 valence electrons. The van der Waals surface area contributed by atoms with Gasteiger partial charge in [-0.05, 0) is 39.8 Å². The average molecular weight is 257 g/mol. The Morgan fingerprint density at radius 3 is 2.84 bits per heavy atom. The molecule has 2 nitrogen and oxygen atoms in total. The van der Waals surface area contributed by atoms with Crippen molar-refractivity contribution in [2.45, 2.75) is 40.2 Å². The number of para-hydroxylation sites is 1. The van der Waals surface area contributed by atoms with Crippen LogP contribution in [0.2, 0.25) is 0 Å². The van der Waals surface area contributed by atoms with E-state index in [-0.39, 0.29) is 0 Å². The van der Waals surface area contributed by atoms with Crippen LogP contribution in [-0.2, 0) is 0 Å². The third-order valence-electron chi connectivity index (χ3n) is 3.58. The van der Waals surface area contributed by atoms with Gasteiger partial charge in [-0.2, -0.15) is 0 Å². The van der Waals surface area contributed by atoms with Crippen LogP contribution in [0.25, 0.3) is 17.0 Å². The van der Waals surface area contributed by atoms with Gasteiger partial charge in [0.15, 0.2) is 0 Å². The molecule has 0 fully saturated rings. The van der Waals surface area contributed by atoms with Crippen LogP contribution in [0.15, 0.2) is 34.3 Å². The summed E-state index contributed by atoms with van der Waals surface area (Å²) in [6.07, 6.45) is 3.40. The van der Waals surface area contributed by atoms with E-state index in [4.69, 9.17) is 4.42 Å².